The third kappa shape index (κ3) is 3.05. The Morgan fingerprint density at radius 2 is 1.46 bits per heavy atom. The zero-order valence-corrected chi connectivity index (χ0v) is 23.1. The Morgan fingerprint density at radius 3 is 2.27 bits per heavy atom. The molecule has 2 aliphatic rings. The van der Waals surface area contributed by atoms with Crippen molar-refractivity contribution in [1.82, 2.24) is 14.0 Å². The SMILES string of the molecule is CC(C)(C)c1cc2ccc3c4c2c(c1)n1c2ccccc2nc1n4C1=C(Oc2ccccc2O1)B3c1ccccc1. The van der Waals surface area contributed by atoms with E-state index in [0.717, 1.165) is 44.7 Å². The number of fused-ring (bicyclic) bond motifs is 7. The molecule has 0 bridgehead atoms. The first-order valence-electron chi connectivity index (χ1n) is 14.1. The number of hydrogen-bond acceptors (Lipinski definition) is 3. The van der Waals surface area contributed by atoms with Crippen molar-refractivity contribution in [3.63, 3.8) is 0 Å². The zero-order valence-electron chi connectivity index (χ0n) is 23.1. The maximum atomic E-state index is 6.78. The van der Waals surface area contributed by atoms with Crippen LogP contribution in [0.4, 0.5) is 0 Å². The van der Waals surface area contributed by atoms with Gasteiger partial charge in [0.1, 0.15) is 5.66 Å². The van der Waals surface area contributed by atoms with E-state index in [-0.39, 0.29) is 12.1 Å². The first-order valence-corrected chi connectivity index (χ1v) is 14.1. The van der Waals surface area contributed by atoms with Gasteiger partial charge in [0.05, 0.1) is 22.1 Å². The van der Waals surface area contributed by atoms with Crippen molar-refractivity contribution in [1.29, 1.82) is 0 Å². The van der Waals surface area contributed by atoms with Crippen LogP contribution in [0.25, 0.3) is 44.5 Å². The Balaban J connectivity index is 1.52. The summed E-state index contributed by atoms with van der Waals surface area (Å²) < 4.78 is 18.0. The van der Waals surface area contributed by atoms with Crippen LogP contribution < -0.4 is 20.4 Å². The van der Waals surface area contributed by atoms with Crippen molar-refractivity contribution >= 4 is 62.1 Å². The van der Waals surface area contributed by atoms with Crippen LogP contribution in [-0.4, -0.2) is 20.7 Å². The van der Waals surface area contributed by atoms with Gasteiger partial charge in [0.15, 0.2) is 11.5 Å². The van der Waals surface area contributed by atoms with Crippen molar-refractivity contribution in [3.05, 3.63) is 114 Å². The van der Waals surface area contributed by atoms with Gasteiger partial charge in [-0.05, 0) is 52.2 Å². The van der Waals surface area contributed by atoms with E-state index >= 15 is 0 Å². The Kier molecular flexibility index (Phi) is 4.35. The number of imidazole rings is 1. The molecule has 41 heavy (non-hydrogen) atoms. The number of aromatic nitrogens is 3. The summed E-state index contributed by atoms with van der Waals surface area (Å²) in [5.74, 6) is 2.89. The van der Waals surface area contributed by atoms with Gasteiger partial charge in [-0.3, -0.25) is 4.40 Å². The van der Waals surface area contributed by atoms with Crippen LogP contribution >= 0.6 is 0 Å². The maximum Gasteiger partial charge on any atom is 0.297 e. The Morgan fingerprint density at radius 1 is 0.732 bits per heavy atom. The topological polar surface area (TPSA) is 40.7 Å². The summed E-state index contributed by atoms with van der Waals surface area (Å²) in [4.78, 5) is 5.22. The van der Waals surface area contributed by atoms with Crippen molar-refractivity contribution in [3.8, 4) is 11.5 Å². The number of para-hydroxylation sites is 4. The van der Waals surface area contributed by atoms with Gasteiger partial charge in [0.25, 0.3) is 6.71 Å². The van der Waals surface area contributed by atoms with Crippen LogP contribution in [0.5, 0.6) is 11.5 Å². The van der Waals surface area contributed by atoms with E-state index < -0.39 is 0 Å². The lowest BCUT2D eigenvalue weighted by atomic mass is 9.38. The molecule has 2 aromatic heterocycles. The number of ether oxygens (including phenoxy) is 2. The van der Waals surface area contributed by atoms with Crippen LogP contribution in [0.1, 0.15) is 26.3 Å². The molecule has 0 saturated carbocycles. The molecule has 196 valence electrons. The van der Waals surface area contributed by atoms with Gasteiger partial charge >= 0.3 is 0 Å². The minimum absolute atomic E-state index is 0.0133. The molecule has 7 aromatic rings. The number of nitrogens with zero attached hydrogens (tertiary/aromatic N) is 3. The van der Waals surface area contributed by atoms with Crippen LogP contribution in [0.3, 0.4) is 0 Å². The van der Waals surface area contributed by atoms with Crippen LogP contribution in [-0.2, 0) is 5.41 Å². The average Bonchev–Trinajstić information content (AvgIpc) is 3.38. The van der Waals surface area contributed by atoms with Crippen molar-refractivity contribution in [2.45, 2.75) is 26.2 Å². The lowest BCUT2D eigenvalue weighted by molar-refractivity contribution is 0.352. The van der Waals surface area contributed by atoms with E-state index in [9.17, 15) is 0 Å². The monoisotopic (exact) mass is 531 g/mol. The second-order valence-electron chi connectivity index (χ2n) is 12.1. The number of rotatable bonds is 1. The van der Waals surface area contributed by atoms with E-state index in [1.165, 1.54) is 21.8 Å². The minimum Gasteiger partial charge on any atom is -0.462 e. The molecule has 6 heteroatoms. The minimum atomic E-state index is -0.138. The zero-order chi connectivity index (χ0) is 27.5. The summed E-state index contributed by atoms with van der Waals surface area (Å²) in [5.41, 5.74) is 8.65. The Labute approximate surface area is 237 Å². The highest BCUT2D eigenvalue weighted by Crippen LogP contribution is 2.43. The first kappa shape index (κ1) is 22.8. The molecule has 0 N–H and O–H groups in total. The molecular weight excluding hydrogens is 505 g/mol. The van der Waals surface area contributed by atoms with Gasteiger partial charge in [0, 0.05) is 5.39 Å². The fraction of sp³-hybridized carbons (Fsp3) is 0.114. The van der Waals surface area contributed by atoms with Crippen LogP contribution in [0.15, 0.2) is 109 Å². The fourth-order valence-electron chi connectivity index (χ4n) is 6.61. The van der Waals surface area contributed by atoms with E-state index in [4.69, 9.17) is 14.5 Å². The molecule has 0 spiro atoms. The molecule has 0 saturated heterocycles. The summed E-state index contributed by atoms with van der Waals surface area (Å²) in [6.07, 6.45) is 0. The molecular formula is C35H26BN3O2. The molecule has 5 nitrogen and oxygen atoms in total. The molecule has 2 aliphatic heterocycles. The molecule has 4 heterocycles. The molecule has 0 aliphatic carbocycles. The van der Waals surface area contributed by atoms with Crippen molar-refractivity contribution < 1.29 is 9.47 Å². The van der Waals surface area contributed by atoms with E-state index in [1.54, 1.807) is 0 Å². The predicted molar refractivity (Wildman–Crippen MR) is 167 cm³/mol. The third-order valence-electron chi connectivity index (χ3n) is 8.57. The second-order valence-corrected chi connectivity index (χ2v) is 12.1. The highest BCUT2D eigenvalue weighted by molar-refractivity contribution is 6.93. The molecule has 0 atom stereocenters. The highest BCUT2D eigenvalue weighted by Gasteiger charge is 2.41. The molecule has 0 amide bonds. The fourth-order valence-corrected chi connectivity index (χ4v) is 6.61. The van der Waals surface area contributed by atoms with Gasteiger partial charge in [-0.15, -0.1) is 0 Å². The Bertz CT molecular complexity index is 2250. The van der Waals surface area contributed by atoms with E-state index in [0.29, 0.717) is 11.6 Å². The summed E-state index contributed by atoms with van der Waals surface area (Å²) in [6.45, 7) is 6.68. The highest BCUT2D eigenvalue weighted by atomic mass is 16.6. The summed E-state index contributed by atoms with van der Waals surface area (Å²) in [6, 6.07) is 36.1. The van der Waals surface area contributed by atoms with Gasteiger partial charge in [0.2, 0.25) is 11.7 Å². The standard InChI is InChI=1S/C35H26BN3O2/c1-35(2,3)22-19-21-17-18-24-31-30(21)27(20-22)38-26-14-8-7-13-25(26)37-34(38)39(31)33-32(36(24)23-11-5-4-6-12-23)40-28-15-9-10-16-29(28)41-33/h4-20H,1-3H3. The smallest absolute Gasteiger partial charge is 0.297 e. The third-order valence-corrected chi connectivity index (χ3v) is 8.57. The first-order chi connectivity index (χ1) is 20.0. The van der Waals surface area contributed by atoms with E-state index in [2.05, 4.69) is 103 Å². The maximum absolute atomic E-state index is 6.78. The lowest BCUT2D eigenvalue weighted by Crippen LogP contribution is -2.51. The lowest BCUT2D eigenvalue weighted by Gasteiger charge is -2.34. The van der Waals surface area contributed by atoms with Gasteiger partial charge < -0.3 is 9.47 Å². The Hall–Kier alpha value is -4.97. The van der Waals surface area contributed by atoms with Crippen LogP contribution in [0, 0.1) is 0 Å². The molecule has 0 fully saturated rings. The molecule has 0 unspecified atom stereocenters. The largest absolute Gasteiger partial charge is 0.462 e. The summed E-state index contributed by atoms with van der Waals surface area (Å²) >= 11 is 0. The summed E-state index contributed by atoms with van der Waals surface area (Å²) in [5, 5.41) is 2.40. The number of benzene rings is 5. The number of hydrogen-bond donors (Lipinski definition) is 0. The van der Waals surface area contributed by atoms with Crippen LogP contribution in [0.2, 0.25) is 0 Å². The van der Waals surface area contributed by atoms with E-state index in [1.807, 2.05) is 30.3 Å². The molecule has 0 radical (unpaired) electrons. The van der Waals surface area contributed by atoms with Crippen molar-refractivity contribution in [2.75, 3.05) is 0 Å². The predicted octanol–water partition coefficient (Wildman–Crippen LogP) is 6.65. The normalized spacial score (nSPS) is 14.5. The summed E-state index contributed by atoms with van der Waals surface area (Å²) in [7, 11) is 0. The second kappa shape index (κ2) is 7.82. The van der Waals surface area contributed by atoms with Crippen molar-refractivity contribution in [2.24, 2.45) is 0 Å². The van der Waals surface area contributed by atoms with Gasteiger partial charge in [-0.1, -0.05) is 99.0 Å². The quantitative estimate of drug-likeness (QED) is 0.223. The van der Waals surface area contributed by atoms with Gasteiger partial charge in [-0.2, -0.15) is 0 Å². The average molecular weight is 531 g/mol. The molecule has 9 rings (SSSR count). The molecule has 5 aromatic carbocycles. The van der Waals surface area contributed by atoms with Gasteiger partial charge in [-0.25, -0.2) is 9.55 Å².